The molecule has 0 aromatic heterocycles. The zero-order valence-corrected chi connectivity index (χ0v) is 19.6. The lowest BCUT2D eigenvalue weighted by Gasteiger charge is -2.32. The average molecular weight is 424 g/mol. The molecule has 0 spiro atoms. The average Bonchev–Trinajstić information content (AvgIpc) is 2.83. The third kappa shape index (κ3) is 8.10. The van der Waals surface area contributed by atoms with E-state index in [2.05, 4.69) is 31.2 Å². The van der Waals surface area contributed by atoms with Crippen molar-refractivity contribution in [3.8, 4) is 6.07 Å². The smallest absolute Gasteiger partial charge is 0.195 e. The third-order valence-electron chi connectivity index (χ3n) is 8.07. The van der Waals surface area contributed by atoms with Crippen molar-refractivity contribution in [3.63, 3.8) is 0 Å². The van der Waals surface area contributed by atoms with Gasteiger partial charge in [0.15, 0.2) is 5.83 Å². The Morgan fingerprint density at radius 1 is 0.903 bits per heavy atom. The fourth-order valence-electron chi connectivity index (χ4n) is 5.89. The number of benzene rings is 1. The van der Waals surface area contributed by atoms with Crippen molar-refractivity contribution < 1.29 is 4.39 Å². The molecule has 0 N–H and O–H groups in total. The van der Waals surface area contributed by atoms with E-state index in [1.54, 1.807) is 11.6 Å². The molecule has 2 aliphatic rings. The van der Waals surface area contributed by atoms with Crippen LogP contribution in [0.5, 0.6) is 0 Å². The Kier molecular flexibility index (Phi) is 10.1. The quantitative estimate of drug-likeness (QED) is 0.344. The van der Waals surface area contributed by atoms with Crippen LogP contribution in [0.4, 0.5) is 4.39 Å². The second kappa shape index (κ2) is 13.0. The largest absolute Gasteiger partial charge is 0.196 e. The van der Waals surface area contributed by atoms with Crippen LogP contribution in [-0.4, -0.2) is 0 Å². The molecule has 0 unspecified atom stereocenters. The lowest BCUT2D eigenvalue weighted by Crippen LogP contribution is -2.17. The summed E-state index contributed by atoms with van der Waals surface area (Å²) in [5, 5.41) is 8.49. The Hall–Kier alpha value is -1.62. The van der Waals surface area contributed by atoms with E-state index in [9.17, 15) is 4.39 Å². The standard InChI is InChI=1S/C29H42FN/c1-2-3-5-23-14-18-27(19-15-23)28-20-16-26(17-21-28)13-12-25-10-8-24(9-11-25)6-4-7-29(30)22-31/h7,14-15,18-19,24-26,28H,2-6,8-13,16-17,20-21H2,1H3. The predicted molar refractivity (Wildman–Crippen MR) is 128 cm³/mol. The Bertz CT molecular complexity index is 697. The molecule has 2 aliphatic carbocycles. The maximum atomic E-state index is 12.9. The Labute approximate surface area is 190 Å². The first-order valence-electron chi connectivity index (χ1n) is 13.0. The zero-order valence-electron chi connectivity index (χ0n) is 19.6. The maximum Gasteiger partial charge on any atom is 0.196 e. The maximum absolute atomic E-state index is 12.9. The molecular weight excluding hydrogens is 381 g/mol. The minimum absolute atomic E-state index is 0.618. The van der Waals surface area contributed by atoms with Gasteiger partial charge >= 0.3 is 0 Å². The molecule has 1 aromatic carbocycles. The lowest BCUT2D eigenvalue weighted by molar-refractivity contribution is 0.225. The first-order chi connectivity index (χ1) is 15.2. The van der Waals surface area contributed by atoms with Crippen LogP contribution >= 0.6 is 0 Å². The molecule has 0 aliphatic heterocycles. The molecule has 3 rings (SSSR count). The minimum atomic E-state index is -0.618. The number of nitriles is 1. The summed E-state index contributed by atoms with van der Waals surface area (Å²) in [6.45, 7) is 2.26. The molecule has 0 saturated heterocycles. The highest BCUT2D eigenvalue weighted by Crippen LogP contribution is 2.40. The molecule has 2 fully saturated rings. The van der Waals surface area contributed by atoms with Gasteiger partial charge in [-0.1, -0.05) is 76.1 Å². The highest BCUT2D eigenvalue weighted by atomic mass is 19.1. The van der Waals surface area contributed by atoms with Crippen LogP contribution < -0.4 is 0 Å². The summed E-state index contributed by atoms with van der Waals surface area (Å²) in [6.07, 6.45) is 20.7. The van der Waals surface area contributed by atoms with Gasteiger partial charge in [-0.05, 0) is 92.2 Å². The highest BCUT2D eigenvalue weighted by molar-refractivity contribution is 5.26. The van der Waals surface area contributed by atoms with Gasteiger partial charge in [0.05, 0.1) is 0 Å². The van der Waals surface area contributed by atoms with Crippen molar-refractivity contribution in [1.29, 1.82) is 5.26 Å². The van der Waals surface area contributed by atoms with Gasteiger partial charge in [0.2, 0.25) is 0 Å². The molecule has 0 atom stereocenters. The molecule has 0 amide bonds. The van der Waals surface area contributed by atoms with Crippen molar-refractivity contribution in [2.45, 2.75) is 109 Å². The van der Waals surface area contributed by atoms with Gasteiger partial charge in [-0.2, -0.15) is 9.65 Å². The molecule has 0 heterocycles. The van der Waals surface area contributed by atoms with Crippen molar-refractivity contribution in [2.24, 2.45) is 17.8 Å². The van der Waals surface area contributed by atoms with Crippen LogP contribution in [-0.2, 0) is 6.42 Å². The van der Waals surface area contributed by atoms with E-state index in [-0.39, 0.29) is 0 Å². The summed E-state index contributed by atoms with van der Waals surface area (Å²) in [5.74, 6) is 2.76. The zero-order chi connectivity index (χ0) is 21.9. The first-order valence-corrected chi connectivity index (χ1v) is 13.0. The monoisotopic (exact) mass is 423 g/mol. The molecule has 0 radical (unpaired) electrons. The van der Waals surface area contributed by atoms with Gasteiger partial charge in [-0.15, -0.1) is 0 Å². The summed E-state index contributed by atoms with van der Waals surface area (Å²) in [7, 11) is 0. The fraction of sp³-hybridized carbons (Fsp3) is 0.690. The SMILES string of the molecule is CCCCc1ccc(C2CCC(CCC3CCC(CCC=C(F)C#N)CC3)CC2)cc1. The van der Waals surface area contributed by atoms with Gasteiger partial charge in [0.25, 0.3) is 0 Å². The Morgan fingerprint density at radius 3 is 2.00 bits per heavy atom. The van der Waals surface area contributed by atoms with Crippen molar-refractivity contribution in [1.82, 2.24) is 0 Å². The van der Waals surface area contributed by atoms with E-state index in [0.717, 1.165) is 36.5 Å². The summed E-state index contributed by atoms with van der Waals surface area (Å²) in [6, 6.07) is 11.1. The predicted octanol–water partition coefficient (Wildman–Crippen LogP) is 9.05. The second-order valence-corrected chi connectivity index (χ2v) is 10.3. The summed E-state index contributed by atoms with van der Waals surface area (Å²) in [5.41, 5.74) is 3.07. The van der Waals surface area contributed by atoms with E-state index in [1.807, 2.05) is 0 Å². The first kappa shape index (κ1) is 24.0. The summed E-state index contributed by atoms with van der Waals surface area (Å²) in [4.78, 5) is 0. The fourth-order valence-corrected chi connectivity index (χ4v) is 5.89. The van der Waals surface area contributed by atoms with Crippen LogP contribution in [0, 0.1) is 29.1 Å². The molecule has 0 bridgehead atoms. The van der Waals surface area contributed by atoms with Gasteiger partial charge in [-0.3, -0.25) is 0 Å². The minimum Gasteiger partial charge on any atom is -0.195 e. The number of halogens is 1. The number of unbranched alkanes of at least 4 members (excludes halogenated alkanes) is 1. The number of rotatable bonds is 10. The van der Waals surface area contributed by atoms with Gasteiger partial charge in [0, 0.05) is 0 Å². The molecule has 2 heteroatoms. The van der Waals surface area contributed by atoms with Crippen molar-refractivity contribution in [3.05, 3.63) is 47.3 Å². The number of aryl methyl sites for hydroxylation is 1. The number of hydrogen-bond acceptors (Lipinski definition) is 1. The van der Waals surface area contributed by atoms with Crippen molar-refractivity contribution in [2.75, 3.05) is 0 Å². The lowest BCUT2D eigenvalue weighted by atomic mass is 9.74. The Balaban J connectivity index is 1.30. The second-order valence-electron chi connectivity index (χ2n) is 10.3. The molecule has 1 nitrogen and oxygen atoms in total. The van der Waals surface area contributed by atoms with E-state index in [0.29, 0.717) is 0 Å². The van der Waals surface area contributed by atoms with E-state index < -0.39 is 5.83 Å². The molecule has 1 aromatic rings. The third-order valence-corrected chi connectivity index (χ3v) is 8.07. The normalized spacial score (nSPS) is 27.1. The van der Waals surface area contributed by atoms with Crippen LogP contribution in [0.2, 0.25) is 0 Å². The molecule has 31 heavy (non-hydrogen) atoms. The molecular formula is C29H42FN. The van der Waals surface area contributed by atoms with Gasteiger partial charge in [-0.25, -0.2) is 0 Å². The van der Waals surface area contributed by atoms with Crippen LogP contribution in [0.1, 0.15) is 114 Å². The van der Waals surface area contributed by atoms with E-state index >= 15 is 0 Å². The van der Waals surface area contributed by atoms with E-state index in [1.165, 1.54) is 95.1 Å². The van der Waals surface area contributed by atoms with Crippen molar-refractivity contribution >= 4 is 0 Å². The summed E-state index contributed by atoms with van der Waals surface area (Å²) < 4.78 is 12.9. The summed E-state index contributed by atoms with van der Waals surface area (Å²) >= 11 is 0. The number of allylic oxidation sites excluding steroid dienone is 2. The highest BCUT2D eigenvalue weighted by Gasteiger charge is 2.25. The van der Waals surface area contributed by atoms with Gasteiger partial charge < -0.3 is 0 Å². The molecule has 2 saturated carbocycles. The van der Waals surface area contributed by atoms with Crippen LogP contribution in [0.15, 0.2) is 36.2 Å². The number of nitrogens with zero attached hydrogens (tertiary/aromatic N) is 1. The topological polar surface area (TPSA) is 23.8 Å². The number of hydrogen-bond donors (Lipinski definition) is 0. The van der Waals surface area contributed by atoms with Gasteiger partial charge in [0.1, 0.15) is 6.07 Å². The van der Waals surface area contributed by atoms with E-state index in [4.69, 9.17) is 5.26 Å². The Morgan fingerprint density at radius 2 is 1.45 bits per heavy atom. The van der Waals surface area contributed by atoms with Crippen LogP contribution in [0.3, 0.4) is 0 Å². The van der Waals surface area contributed by atoms with Crippen LogP contribution in [0.25, 0.3) is 0 Å². The molecule has 170 valence electrons.